The number of amides is 1. The number of hydrogen-bond donors (Lipinski definition) is 2. The Bertz CT molecular complexity index is 932. The number of halogens is 2. The molecule has 0 aliphatic heterocycles. The third-order valence-corrected chi connectivity index (χ3v) is 3.64. The fourth-order valence-electron chi connectivity index (χ4n) is 2.19. The van der Waals surface area contributed by atoms with E-state index in [0.717, 1.165) is 5.56 Å². The van der Waals surface area contributed by atoms with Crippen molar-refractivity contribution in [1.82, 2.24) is 9.97 Å². The minimum Gasteiger partial charge on any atom is -0.324 e. The second-order valence-corrected chi connectivity index (χ2v) is 5.75. The van der Waals surface area contributed by atoms with E-state index >= 15 is 0 Å². The van der Waals surface area contributed by atoms with Gasteiger partial charge in [-0.2, -0.15) is 0 Å². The Hall–Kier alpha value is -2.99. The molecule has 0 radical (unpaired) electrons. The van der Waals surface area contributed by atoms with Gasteiger partial charge in [0.15, 0.2) is 0 Å². The van der Waals surface area contributed by atoms with Crippen LogP contribution in [0, 0.1) is 12.7 Å². The number of benzene rings is 2. The lowest BCUT2D eigenvalue weighted by Gasteiger charge is -2.09. The van der Waals surface area contributed by atoms with Crippen LogP contribution in [0.1, 0.15) is 16.1 Å². The Kier molecular flexibility index (Phi) is 4.90. The van der Waals surface area contributed by atoms with Crippen molar-refractivity contribution in [1.29, 1.82) is 0 Å². The van der Waals surface area contributed by atoms with Gasteiger partial charge in [0.2, 0.25) is 5.95 Å². The molecule has 0 fully saturated rings. The second kappa shape index (κ2) is 7.27. The fraction of sp³-hybridized carbons (Fsp3) is 0.0556. The molecule has 1 heterocycles. The van der Waals surface area contributed by atoms with Gasteiger partial charge >= 0.3 is 0 Å². The van der Waals surface area contributed by atoms with Crippen molar-refractivity contribution in [2.24, 2.45) is 0 Å². The van der Waals surface area contributed by atoms with Gasteiger partial charge in [0.05, 0.1) is 0 Å². The van der Waals surface area contributed by atoms with Crippen molar-refractivity contribution < 1.29 is 9.18 Å². The standard InChI is InChI=1S/C18H14ClFN4O/c1-11-9-12(19)5-6-15(11)23-17(25)16-7-8-21-18(24-16)22-14-4-2-3-13(20)10-14/h2-10H,1H3,(H,23,25)(H,21,22,24). The van der Waals surface area contributed by atoms with Crippen LogP contribution in [-0.2, 0) is 0 Å². The summed E-state index contributed by atoms with van der Waals surface area (Å²) in [4.78, 5) is 20.6. The molecular weight excluding hydrogens is 343 g/mol. The van der Waals surface area contributed by atoms with Crippen molar-refractivity contribution in [3.05, 3.63) is 76.8 Å². The lowest BCUT2D eigenvalue weighted by Crippen LogP contribution is -2.15. The molecule has 5 nitrogen and oxygen atoms in total. The Labute approximate surface area is 148 Å². The zero-order valence-corrected chi connectivity index (χ0v) is 14.0. The van der Waals surface area contributed by atoms with E-state index < -0.39 is 0 Å². The highest BCUT2D eigenvalue weighted by atomic mass is 35.5. The number of carbonyl (C=O) groups excluding carboxylic acids is 1. The maximum Gasteiger partial charge on any atom is 0.274 e. The van der Waals surface area contributed by atoms with Gasteiger partial charge in [0.25, 0.3) is 5.91 Å². The minimum absolute atomic E-state index is 0.184. The molecule has 2 N–H and O–H groups in total. The van der Waals surface area contributed by atoms with Gasteiger partial charge in [-0.25, -0.2) is 14.4 Å². The van der Waals surface area contributed by atoms with E-state index in [0.29, 0.717) is 16.4 Å². The summed E-state index contributed by atoms with van der Waals surface area (Å²) in [6.07, 6.45) is 1.46. The number of nitrogens with one attached hydrogen (secondary N) is 2. The minimum atomic E-state index is -0.380. The van der Waals surface area contributed by atoms with E-state index in [-0.39, 0.29) is 23.4 Å². The number of carbonyl (C=O) groups is 1. The lowest BCUT2D eigenvalue weighted by molar-refractivity contribution is 0.102. The van der Waals surface area contributed by atoms with Crippen LogP contribution in [0.15, 0.2) is 54.7 Å². The number of nitrogens with zero attached hydrogens (tertiary/aromatic N) is 2. The normalized spacial score (nSPS) is 10.4. The molecule has 0 bridgehead atoms. The van der Waals surface area contributed by atoms with Crippen LogP contribution < -0.4 is 10.6 Å². The van der Waals surface area contributed by atoms with Gasteiger partial charge in [0, 0.05) is 22.6 Å². The van der Waals surface area contributed by atoms with Crippen LogP contribution in [0.4, 0.5) is 21.7 Å². The smallest absolute Gasteiger partial charge is 0.274 e. The molecule has 0 saturated heterocycles. The predicted octanol–water partition coefficient (Wildman–Crippen LogP) is 4.57. The maximum absolute atomic E-state index is 13.2. The molecule has 0 aliphatic carbocycles. The van der Waals surface area contributed by atoms with E-state index in [1.165, 1.54) is 24.4 Å². The zero-order chi connectivity index (χ0) is 17.8. The largest absolute Gasteiger partial charge is 0.324 e. The maximum atomic E-state index is 13.2. The summed E-state index contributed by atoms with van der Waals surface area (Å²) < 4.78 is 13.2. The van der Waals surface area contributed by atoms with Crippen LogP contribution >= 0.6 is 11.6 Å². The number of hydrogen-bond acceptors (Lipinski definition) is 4. The van der Waals surface area contributed by atoms with Gasteiger partial charge in [-0.05, 0) is 55.0 Å². The van der Waals surface area contributed by atoms with Crippen LogP contribution in [0.5, 0.6) is 0 Å². The molecule has 7 heteroatoms. The number of aromatic nitrogens is 2. The van der Waals surface area contributed by atoms with E-state index in [2.05, 4.69) is 20.6 Å². The molecule has 3 rings (SSSR count). The highest BCUT2D eigenvalue weighted by Crippen LogP contribution is 2.20. The van der Waals surface area contributed by atoms with Crippen molar-refractivity contribution >= 4 is 34.8 Å². The van der Waals surface area contributed by atoms with E-state index in [9.17, 15) is 9.18 Å². The Morgan fingerprint density at radius 2 is 2.00 bits per heavy atom. The van der Waals surface area contributed by atoms with Crippen molar-refractivity contribution in [2.45, 2.75) is 6.92 Å². The van der Waals surface area contributed by atoms with Gasteiger partial charge in [-0.3, -0.25) is 4.79 Å². The first-order valence-electron chi connectivity index (χ1n) is 7.44. The fourth-order valence-corrected chi connectivity index (χ4v) is 2.42. The molecule has 3 aromatic rings. The zero-order valence-electron chi connectivity index (χ0n) is 13.3. The van der Waals surface area contributed by atoms with E-state index in [1.807, 2.05) is 6.92 Å². The average molecular weight is 357 g/mol. The Morgan fingerprint density at radius 1 is 1.16 bits per heavy atom. The number of rotatable bonds is 4. The lowest BCUT2D eigenvalue weighted by atomic mass is 10.2. The SMILES string of the molecule is Cc1cc(Cl)ccc1NC(=O)c1ccnc(Nc2cccc(F)c2)n1. The third kappa shape index (κ3) is 4.30. The molecule has 126 valence electrons. The van der Waals surface area contributed by atoms with Crippen molar-refractivity contribution in [3.63, 3.8) is 0 Å². The Balaban J connectivity index is 1.77. The highest BCUT2D eigenvalue weighted by Gasteiger charge is 2.11. The third-order valence-electron chi connectivity index (χ3n) is 3.41. The van der Waals surface area contributed by atoms with Gasteiger partial charge in [-0.1, -0.05) is 17.7 Å². The summed E-state index contributed by atoms with van der Waals surface area (Å²) >= 11 is 5.91. The highest BCUT2D eigenvalue weighted by molar-refractivity contribution is 6.30. The molecule has 1 amide bonds. The Morgan fingerprint density at radius 3 is 2.76 bits per heavy atom. The molecule has 0 aliphatic rings. The van der Waals surface area contributed by atoms with E-state index in [4.69, 9.17) is 11.6 Å². The molecule has 0 spiro atoms. The van der Waals surface area contributed by atoms with Crippen LogP contribution in [-0.4, -0.2) is 15.9 Å². The molecule has 25 heavy (non-hydrogen) atoms. The van der Waals surface area contributed by atoms with Crippen molar-refractivity contribution in [3.8, 4) is 0 Å². The van der Waals surface area contributed by atoms with E-state index in [1.54, 1.807) is 30.3 Å². The first-order valence-corrected chi connectivity index (χ1v) is 7.82. The van der Waals surface area contributed by atoms with Gasteiger partial charge in [-0.15, -0.1) is 0 Å². The summed E-state index contributed by atoms with van der Waals surface area (Å²) in [5, 5.41) is 6.24. The number of aryl methyl sites for hydroxylation is 1. The summed E-state index contributed by atoms with van der Waals surface area (Å²) in [6.45, 7) is 1.85. The van der Waals surface area contributed by atoms with Crippen molar-refractivity contribution in [2.75, 3.05) is 10.6 Å². The summed E-state index contributed by atoms with van der Waals surface area (Å²) in [5.41, 5.74) is 2.16. The second-order valence-electron chi connectivity index (χ2n) is 5.31. The average Bonchev–Trinajstić information content (AvgIpc) is 2.57. The summed E-state index contributed by atoms with van der Waals surface area (Å²) in [5.74, 6) is -0.557. The molecule has 2 aromatic carbocycles. The summed E-state index contributed by atoms with van der Waals surface area (Å²) in [7, 11) is 0. The van der Waals surface area contributed by atoms with Gasteiger partial charge in [0.1, 0.15) is 11.5 Å². The van der Waals surface area contributed by atoms with Crippen LogP contribution in [0.2, 0.25) is 5.02 Å². The number of anilines is 3. The molecular formula is C18H14ClFN4O. The molecule has 0 saturated carbocycles. The van der Waals surface area contributed by atoms with Gasteiger partial charge < -0.3 is 10.6 Å². The van der Waals surface area contributed by atoms with Crippen LogP contribution in [0.3, 0.4) is 0 Å². The topological polar surface area (TPSA) is 66.9 Å². The molecule has 1 aromatic heterocycles. The first kappa shape index (κ1) is 16.9. The predicted molar refractivity (Wildman–Crippen MR) is 95.9 cm³/mol. The molecule has 0 unspecified atom stereocenters. The first-order chi connectivity index (χ1) is 12.0. The molecule has 0 atom stereocenters. The van der Waals surface area contributed by atoms with Crippen LogP contribution in [0.25, 0.3) is 0 Å². The summed E-state index contributed by atoms with van der Waals surface area (Å²) in [6, 6.07) is 12.6. The quantitative estimate of drug-likeness (QED) is 0.718. The monoisotopic (exact) mass is 356 g/mol.